The van der Waals surface area contributed by atoms with E-state index in [0.29, 0.717) is 0 Å². The van der Waals surface area contributed by atoms with Gasteiger partial charge >= 0.3 is 0 Å². The molecule has 0 spiro atoms. The Labute approximate surface area is 95.3 Å². The Balaban J connectivity index is 2.72. The van der Waals surface area contributed by atoms with Gasteiger partial charge in [0.1, 0.15) is 6.10 Å². The second kappa shape index (κ2) is 4.06. The molecule has 82 valence electrons. The van der Waals surface area contributed by atoms with Crippen LogP contribution in [-0.2, 0) is 0 Å². The summed E-state index contributed by atoms with van der Waals surface area (Å²) in [4.78, 5) is 4.44. The number of aliphatic hydroxyl groups is 1. The lowest BCUT2D eigenvalue weighted by Crippen LogP contribution is -2.01. The Bertz CT molecular complexity index is 545. The zero-order valence-corrected chi connectivity index (χ0v) is 9.57. The highest BCUT2D eigenvalue weighted by molar-refractivity contribution is 5.83. The summed E-state index contributed by atoms with van der Waals surface area (Å²) in [5.74, 6) is 0. The van der Waals surface area contributed by atoms with Crippen molar-refractivity contribution in [3.05, 3.63) is 53.7 Å². The monoisotopic (exact) mass is 213 g/mol. The molecule has 0 saturated heterocycles. The third kappa shape index (κ3) is 1.84. The summed E-state index contributed by atoms with van der Waals surface area (Å²) >= 11 is 0. The smallest absolute Gasteiger partial charge is 0.100 e. The van der Waals surface area contributed by atoms with Crippen LogP contribution in [0.15, 0.2) is 42.5 Å². The van der Waals surface area contributed by atoms with Gasteiger partial charge in [0.25, 0.3) is 0 Å². The molecule has 2 rings (SSSR count). The Morgan fingerprint density at radius 3 is 2.75 bits per heavy atom. The molecule has 1 aromatic heterocycles. The molecule has 0 aliphatic rings. The van der Waals surface area contributed by atoms with Crippen molar-refractivity contribution >= 4 is 10.9 Å². The number of fused-ring (bicyclic) bond motifs is 1. The topological polar surface area (TPSA) is 33.1 Å². The molecule has 0 bridgehead atoms. The molecule has 1 atom stereocenters. The number of para-hydroxylation sites is 1. The van der Waals surface area contributed by atoms with E-state index < -0.39 is 6.10 Å². The molecule has 0 saturated carbocycles. The molecular weight excluding hydrogens is 198 g/mol. The van der Waals surface area contributed by atoms with E-state index in [-0.39, 0.29) is 0 Å². The predicted molar refractivity (Wildman–Crippen MR) is 66.3 cm³/mol. The van der Waals surface area contributed by atoms with Crippen molar-refractivity contribution in [3.63, 3.8) is 0 Å². The summed E-state index contributed by atoms with van der Waals surface area (Å²) in [6.07, 6.45) is -0.619. The number of hydrogen-bond acceptors (Lipinski definition) is 2. The van der Waals surface area contributed by atoms with Crippen LogP contribution >= 0.6 is 0 Å². The average Bonchev–Trinajstić information content (AvgIpc) is 2.26. The fourth-order valence-electron chi connectivity index (χ4n) is 1.83. The molecule has 0 amide bonds. The highest BCUT2D eigenvalue weighted by Crippen LogP contribution is 2.27. The first-order valence-corrected chi connectivity index (χ1v) is 5.29. The molecular formula is C14H15NO. The van der Waals surface area contributed by atoms with Crippen LogP contribution in [-0.4, -0.2) is 10.1 Å². The van der Waals surface area contributed by atoms with E-state index in [0.717, 1.165) is 27.7 Å². The van der Waals surface area contributed by atoms with Crippen LogP contribution in [0.4, 0.5) is 0 Å². The van der Waals surface area contributed by atoms with Gasteiger partial charge in [-0.05, 0) is 37.1 Å². The lowest BCUT2D eigenvalue weighted by atomic mass is 9.99. The van der Waals surface area contributed by atoms with Gasteiger partial charge in [-0.2, -0.15) is 0 Å². The van der Waals surface area contributed by atoms with Crippen molar-refractivity contribution in [1.82, 2.24) is 4.98 Å². The maximum Gasteiger partial charge on any atom is 0.100 e. The predicted octanol–water partition coefficient (Wildman–Crippen LogP) is 3.15. The molecule has 1 aromatic carbocycles. The van der Waals surface area contributed by atoms with Crippen LogP contribution in [0.1, 0.15) is 24.3 Å². The van der Waals surface area contributed by atoms with Crippen molar-refractivity contribution in [1.29, 1.82) is 0 Å². The summed E-state index contributed by atoms with van der Waals surface area (Å²) in [6, 6.07) is 9.75. The zero-order chi connectivity index (χ0) is 11.7. The van der Waals surface area contributed by atoms with Crippen LogP contribution in [0.25, 0.3) is 10.9 Å². The Hall–Kier alpha value is -1.67. The molecule has 0 fully saturated rings. The van der Waals surface area contributed by atoms with Crippen LogP contribution in [0, 0.1) is 6.92 Å². The fraction of sp³-hybridized carbons (Fsp3) is 0.214. The van der Waals surface area contributed by atoms with Crippen LogP contribution in [0.2, 0.25) is 0 Å². The summed E-state index contributed by atoms with van der Waals surface area (Å²) in [5.41, 5.74) is 3.46. The summed E-state index contributed by atoms with van der Waals surface area (Å²) in [5, 5.41) is 11.1. The second-order valence-corrected chi connectivity index (χ2v) is 4.12. The Morgan fingerprint density at radius 2 is 2.06 bits per heavy atom. The number of benzene rings is 1. The first-order chi connectivity index (χ1) is 7.59. The van der Waals surface area contributed by atoms with Crippen molar-refractivity contribution in [2.24, 2.45) is 0 Å². The lowest BCUT2D eigenvalue weighted by Gasteiger charge is -2.14. The van der Waals surface area contributed by atoms with Crippen LogP contribution in [0.5, 0.6) is 0 Å². The number of aliphatic hydroxyl groups excluding tert-OH is 1. The van der Waals surface area contributed by atoms with Gasteiger partial charge in [0.2, 0.25) is 0 Å². The first-order valence-electron chi connectivity index (χ1n) is 5.29. The minimum Gasteiger partial charge on any atom is -0.384 e. The Kier molecular flexibility index (Phi) is 2.75. The second-order valence-electron chi connectivity index (χ2n) is 4.12. The molecule has 16 heavy (non-hydrogen) atoms. The van der Waals surface area contributed by atoms with E-state index in [4.69, 9.17) is 0 Å². The van der Waals surface area contributed by atoms with E-state index in [2.05, 4.69) is 11.6 Å². The van der Waals surface area contributed by atoms with Gasteiger partial charge in [-0.1, -0.05) is 24.8 Å². The minimum atomic E-state index is -0.619. The zero-order valence-electron chi connectivity index (χ0n) is 9.57. The van der Waals surface area contributed by atoms with Crippen LogP contribution in [0.3, 0.4) is 0 Å². The molecule has 0 radical (unpaired) electrons. The standard InChI is InChI=1S/C14H15NO/c1-9(2)14(16)12-8-10(3)15-13-7-5-4-6-11(12)13/h4-8,14,16H,1H2,2-3H3. The fourth-order valence-corrected chi connectivity index (χ4v) is 1.83. The number of hydrogen-bond donors (Lipinski definition) is 1. The van der Waals surface area contributed by atoms with Crippen molar-refractivity contribution in [2.45, 2.75) is 20.0 Å². The van der Waals surface area contributed by atoms with E-state index in [1.54, 1.807) is 0 Å². The third-order valence-corrected chi connectivity index (χ3v) is 2.64. The van der Waals surface area contributed by atoms with Gasteiger partial charge in [0.15, 0.2) is 0 Å². The summed E-state index contributed by atoms with van der Waals surface area (Å²) < 4.78 is 0. The third-order valence-electron chi connectivity index (χ3n) is 2.64. The maximum atomic E-state index is 10.1. The van der Waals surface area contributed by atoms with Gasteiger partial charge in [-0.25, -0.2) is 0 Å². The molecule has 2 nitrogen and oxygen atoms in total. The summed E-state index contributed by atoms with van der Waals surface area (Å²) in [7, 11) is 0. The van der Waals surface area contributed by atoms with E-state index in [1.165, 1.54) is 0 Å². The van der Waals surface area contributed by atoms with Gasteiger partial charge < -0.3 is 5.11 Å². The number of nitrogens with zero attached hydrogens (tertiary/aromatic N) is 1. The number of rotatable bonds is 2. The van der Waals surface area contributed by atoms with Gasteiger partial charge in [0.05, 0.1) is 5.52 Å². The molecule has 1 unspecified atom stereocenters. The normalized spacial score (nSPS) is 12.7. The molecule has 0 aliphatic heterocycles. The molecule has 1 heterocycles. The van der Waals surface area contributed by atoms with Crippen LogP contribution < -0.4 is 0 Å². The molecule has 1 N–H and O–H groups in total. The highest BCUT2D eigenvalue weighted by Gasteiger charge is 2.12. The SMILES string of the molecule is C=C(C)C(O)c1cc(C)nc2ccccc12. The van der Waals surface area contributed by atoms with Gasteiger partial charge in [-0.3, -0.25) is 4.98 Å². The van der Waals surface area contributed by atoms with Crippen molar-refractivity contribution in [3.8, 4) is 0 Å². The van der Waals surface area contributed by atoms with Gasteiger partial charge in [0, 0.05) is 11.1 Å². The molecule has 0 aliphatic carbocycles. The summed E-state index contributed by atoms with van der Waals surface area (Å²) in [6.45, 7) is 7.56. The minimum absolute atomic E-state index is 0.619. The van der Waals surface area contributed by atoms with E-state index in [9.17, 15) is 5.11 Å². The largest absolute Gasteiger partial charge is 0.384 e. The first kappa shape index (κ1) is 10.8. The lowest BCUT2D eigenvalue weighted by molar-refractivity contribution is 0.217. The van der Waals surface area contributed by atoms with E-state index in [1.807, 2.05) is 44.2 Å². The highest BCUT2D eigenvalue weighted by atomic mass is 16.3. The average molecular weight is 213 g/mol. The van der Waals surface area contributed by atoms with Gasteiger partial charge in [-0.15, -0.1) is 0 Å². The number of aryl methyl sites for hydroxylation is 1. The number of aromatic nitrogens is 1. The van der Waals surface area contributed by atoms with E-state index >= 15 is 0 Å². The number of pyridine rings is 1. The van der Waals surface area contributed by atoms with Crippen molar-refractivity contribution in [2.75, 3.05) is 0 Å². The molecule has 2 heteroatoms. The maximum absolute atomic E-state index is 10.1. The Morgan fingerprint density at radius 1 is 1.38 bits per heavy atom. The molecule has 2 aromatic rings. The van der Waals surface area contributed by atoms with Crippen molar-refractivity contribution < 1.29 is 5.11 Å². The quantitative estimate of drug-likeness (QED) is 0.777.